The SMILES string of the molecule is CCCCCCN1CCc2cc(NC(=O)c3cc([N+](=O)[O-])ccc3Cl)ccc2C1=O. The molecule has 2 aromatic carbocycles. The van der Waals surface area contributed by atoms with Crippen molar-refractivity contribution in [2.45, 2.75) is 39.0 Å². The molecule has 0 atom stereocenters. The minimum Gasteiger partial charge on any atom is -0.338 e. The predicted molar refractivity (Wildman–Crippen MR) is 116 cm³/mol. The summed E-state index contributed by atoms with van der Waals surface area (Å²) in [5.41, 5.74) is 1.87. The largest absolute Gasteiger partial charge is 0.338 e. The number of nitro benzene ring substituents is 1. The van der Waals surface area contributed by atoms with Gasteiger partial charge in [-0.25, -0.2) is 0 Å². The Hall–Kier alpha value is -2.93. The van der Waals surface area contributed by atoms with E-state index in [1.165, 1.54) is 18.6 Å². The Morgan fingerprint density at radius 1 is 1.20 bits per heavy atom. The van der Waals surface area contributed by atoms with E-state index in [0.717, 1.165) is 43.9 Å². The first kappa shape index (κ1) is 21.8. The van der Waals surface area contributed by atoms with E-state index in [2.05, 4.69) is 12.2 Å². The van der Waals surface area contributed by atoms with Crippen molar-refractivity contribution in [1.29, 1.82) is 0 Å². The van der Waals surface area contributed by atoms with Gasteiger partial charge in [0.2, 0.25) is 0 Å². The zero-order chi connectivity index (χ0) is 21.7. The van der Waals surface area contributed by atoms with Gasteiger partial charge in [0.1, 0.15) is 0 Å². The number of benzene rings is 2. The van der Waals surface area contributed by atoms with Crippen LogP contribution in [0, 0.1) is 10.1 Å². The maximum Gasteiger partial charge on any atom is 0.270 e. The molecule has 0 radical (unpaired) electrons. The van der Waals surface area contributed by atoms with Crippen LogP contribution in [0.15, 0.2) is 36.4 Å². The molecule has 0 aromatic heterocycles. The lowest BCUT2D eigenvalue weighted by Crippen LogP contribution is -2.38. The van der Waals surface area contributed by atoms with Crippen molar-refractivity contribution in [3.8, 4) is 0 Å². The predicted octanol–water partition coefficient (Wildman–Crippen LogP) is 5.08. The number of hydrogen-bond acceptors (Lipinski definition) is 4. The molecule has 1 N–H and O–H groups in total. The number of non-ortho nitro benzene ring substituents is 1. The Kier molecular flexibility index (Phi) is 7.05. The number of anilines is 1. The minimum atomic E-state index is -0.578. The van der Waals surface area contributed by atoms with E-state index in [0.29, 0.717) is 17.8 Å². The van der Waals surface area contributed by atoms with E-state index in [9.17, 15) is 19.7 Å². The summed E-state index contributed by atoms with van der Waals surface area (Å²) in [7, 11) is 0. The number of amides is 2. The van der Waals surface area contributed by atoms with Crippen LogP contribution in [0.4, 0.5) is 11.4 Å². The average Bonchev–Trinajstić information content (AvgIpc) is 2.72. The van der Waals surface area contributed by atoms with Crippen LogP contribution in [0.2, 0.25) is 5.02 Å². The van der Waals surface area contributed by atoms with Crippen LogP contribution in [0.5, 0.6) is 0 Å². The van der Waals surface area contributed by atoms with Crippen molar-refractivity contribution in [1.82, 2.24) is 4.90 Å². The fourth-order valence-corrected chi connectivity index (χ4v) is 3.76. The monoisotopic (exact) mass is 429 g/mol. The zero-order valence-corrected chi connectivity index (χ0v) is 17.6. The number of nitrogens with one attached hydrogen (secondary N) is 1. The molecule has 158 valence electrons. The minimum absolute atomic E-state index is 0.0207. The third-order valence-electron chi connectivity index (χ3n) is 5.22. The second kappa shape index (κ2) is 9.71. The molecule has 2 amide bonds. The third-order valence-corrected chi connectivity index (χ3v) is 5.55. The highest BCUT2D eigenvalue weighted by Gasteiger charge is 2.24. The van der Waals surface area contributed by atoms with Gasteiger partial charge in [0.05, 0.1) is 15.5 Å². The van der Waals surface area contributed by atoms with Gasteiger partial charge >= 0.3 is 0 Å². The number of nitro groups is 1. The summed E-state index contributed by atoms with van der Waals surface area (Å²) >= 11 is 6.04. The number of hydrogen-bond donors (Lipinski definition) is 1. The molecule has 3 rings (SSSR count). The van der Waals surface area contributed by atoms with Crippen LogP contribution >= 0.6 is 11.6 Å². The van der Waals surface area contributed by atoms with Gasteiger partial charge in [0.25, 0.3) is 17.5 Å². The van der Waals surface area contributed by atoms with Crippen LogP contribution in [0.25, 0.3) is 0 Å². The maximum absolute atomic E-state index is 12.7. The van der Waals surface area contributed by atoms with Crippen molar-refractivity contribution >= 4 is 34.8 Å². The summed E-state index contributed by atoms with van der Waals surface area (Å²) in [6.45, 7) is 3.58. The number of nitrogens with zero attached hydrogens (tertiary/aromatic N) is 2. The molecule has 1 aliphatic heterocycles. The number of halogens is 1. The summed E-state index contributed by atoms with van der Waals surface area (Å²) in [5, 5.41) is 13.8. The van der Waals surface area contributed by atoms with Crippen molar-refractivity contribution in [3.63, 3.8) is 0 Å². The van der Waals surface area contributed by atoms with E-state index in [4.69, 9.17) is 11.6 Å². The first-order valence-corrected chi connectivity index (χ1v) is 10.5. The van der Waals surface area contributed by atoms with Gasteiger partial charge < -0.3 is 10.2 Å². The second-order valence-electron chi connectivity index (χ2n) is 7.35. The van der Waals surface area contributed by atoms with E-state index >= 15 is 0 Å². The lowest BCUT2D eigenvalue weighted by atomic mass is 9.97. The molecule has 1 heterocycles. The molecule has 7 nitrogen and oxygen atoms in total. The Labute approximate surface area is 180 Å². The van der Waals surface area contributed by atoms with Gasteiger partial charge in [0.15, 0.2) is 0 Å². The Bertz CT molecular complexity index is 977. The van der Waals surface area contributed by atoms with Crippen LogP contribution in [-0.2, 0) is 6.42 Å². The molecular weight excluding hydrogens is 406 g/mol. The summed E-state index contributed by atoms with van der Waals surface area (Å²) in [4.78, 5) is 37.6. The normalized spacial score (nSPS) is 13.1. The number of unbranched alkanes of at least 4 members (excludes halogenated alkanes) is 3. The summed E-state index contributed by atoms with van der Waals surface area (Å²) in [6.07, 6.45) is 5.19. The quantitative estimate of drug-likeness (QED) is 0.359. The molecule has 0 fully saturated rings. The van der Waals surface area contributed by atoms with Crippen molar-refractivity contribution in [2.75, 3.05) is 18.4 Å². The van der Waals surface area contributed by atoms with Gasteiger partial charge in [-0.3, -0.25) is 19.7 Å². The van der Waals surface area contributed by atoms with Gasteiger partial charge in [-0.2, -0.15) is 0 Å². The van der Waals surface area contributed by atoms with E-state index < -0.39 is 10.8 Å². The Morgan fingerprint density at radius 3 is 2.73 bits per heavy atom. The summed E-state index contributed by atoms with van der Waals surface area (Å²) in [5.74, 6) is -0.518. The average molecular weight is 430 g/mol. The van der Waals surface area contributed by atoms with Gasteiger partial charge in [0, 0.05) is 36.5 Å². The Morgan fingerprint density at radius 2 is 2.00 bits per heavy atom. The zero-order valence-electron chi connectivity index (χ0n) is 16.8. The Balaban J connectivity index is 1.70. The van der Waals surface area contributed by atoms with Crippen molar-refractivity contribution in [3.05, 3.63) is 68.2 Å². The molecule has 30 heavy (non-hydrogen) atoms. The van der Waals surface area contributed by atoms with E-state index in [1.807, 2.05) is 4.90 Å². The molecular formula is C22H24ClN3O4. The molecule has 0 spiro atoms. The highest BCUT2D eigenvalue weighted by molar-refractivity contribution is 6.34. The van der Waals surface area contributed by atoms with Gasteiger partial charge in [-0.1, -0.05) is 37.8 Å². The lowest BCUT2D eigenvalue weighted by molar-refractivity contribution is -0.384. The molecule has 0 bridgehead atoms. The van der Waals surface area contributed by atoms with E-state index in [1.54, 1.807) is 18.2 Å². The molecule has 0 saturated heterocycles. The fraction of sp³-hybridized carbons (Fsp3) is 0.364. The summed E-state index contributed by atoms with van der Waals surface area (Å²) < 4.78 is 0. The molecule has 0 aliphatic carbocycles. The number of fused-ring (bicyclic) bond motifs is 1. The molecule has 8 heteroatoms. The van der Waals surface area contributed by atoms with Gasteiger partial charge in [-0.05, 0) is 42.7 Å². The van der Waals surface area contributed by atoms with Crippen LogP contribution in [0.1, 0.15) is 58.9 Å². The van der Waals surface area contributed by atoms with Crippen LogP contribution in [0.3, 0.4) is 0 Å². The first-order chi connectivity index (χ1) is 14.4. The number of rotatable bonds is 8. The number of carbonyl (C=O) groups excluding carboxylic acids is 2. The standard InChI is InChI=1S/C22H24ClN3O4/c1-2-3-4-5-11-25-12-10-15-13-16(6-8-18(15)22(25)28)24-21(27)19-14-17(26(29)30)7-9-20(19)23/h6-9,13-14H,2-5,10-12H2,1H3,(H,24,27). The smallest absolute Gasteiger partial charge is 0.270 e. The fourth-order valence-electron chi connectivity index (χ4n) is 3.56. The van der Waals surface area contributed by atoms with Crippen LogP contribution < -0.4 is 5.32 Å². The van der Waals surface area contributed by atoms with Crippen molar-refractivity contribution < 1.29 is 14.5 Å². The summed E-state index contributed by atoms with van der Waals surface area (Å²) in [6, 6.07) is 8.90. The third kappa shape index (κ3) is 4.97. The second-order valence-corrected chi connectivity index (χ2v) is 7.76. The van der Waals surface area contributed by atoms with Gasteiger partial charge in [-0.15, -0.1) is 0 Å². The molecule has 0 unspecified atom stereocenters. The highest BCUT2D eigenvalue weighted by atomic mass is 35.5. The van der Waals surface area contributed by atoms with Crippen LogP contribution in [-0.4, -0.2) is 34.7 Å². The maximum atomic E-state index is 12.7. The topological polar surface area (TPSA) is 92.6 Å². The van der Waals surface area contributed by atoms with Crippen molar-refractivity contribution in [2.24, 2.45) is 0 Å². The lowest BCUT2D eigenvalue weighted by Gasteiger charge is -2.29. The molecule has 1 aliphatic rings. The molecule has 2 aromatic rings. The number of carbonyl (C=O) groups is 2. The van der Waals surface area contributed by atoms with E-state index in [-0.39, 0.29) is 22.2 Å². The molecule has 0 saturated carbocycles. The first-order valence-electron chi connectivity index (χ1n) is 10.1. The highest BCUT2D eigenvalue weighted by Crippen LogP contribution is 2.26.